The predicted octanol–water partition coefficient (Wildman–Crippen LogP) is 5.19. The third-order valence-corrected chi connectivity index (χ3v) is 4.54. The molecular formula is C17H25Cl2F3N2O. The van der Waals surface area contributed by atoms with Crippen molar-refractivity contribution in [2.75, 3.05) is 26.2 Å². The van der Waals surface area contributed by atoms with Crippen molar-refractivity contribution in [3.63, 3.8) is 0 Å². The van der Waals surface area contributed by atoms with Crippen LogP contribution >= 0.6 is 24.0 Å². The van der Waals surface area contributed by atoms with Crippen molar-refractivity contribution in [2.45, 2.75) is 45.0 Å². The summed E-state index contributed by atoms with van der Waals surface area (Å²) in [6, 6.07) is 4.81. The lowest BCUT2D eigenvalue weighted by molar-refractivity contribution is -0.274. The zero-order chi connectivity index (χ0) is 17.6. The van der Waals surface area contributed by atoms with E-state index in [4.69, 9.17) is 11.6 Å². The number of rotatable bonds is 7. The lowest BCUT2D eigenvalue weighted by atomic mass is 9.98. The van der Waals surface area contributed by atoms with Crippen LogP contribution in [-0.2, 0) is 0 Å². The van der Waals surface area contributed by atoms with Crippen molar-refractivity contribution < 1.29 is 17.9 Å². The summed E-state index contributed by atoms with van der Waals surface area (Å²) in [5, 5.41) is 3.32. The summed E-state index contributed by atoms with van der Waals surface area (Å²) in [6.07, 6.45) is -0.392. The number of nitrogens with zero attached hydrogens (tertiary/aromatic N) is 1. The highest BCUT2D eigenvalue weighted by Crippen LogP contribution is 2.35. The second kappa shape index (κ2) is 10.5. The molecule has 1 aliphatic rings. The largest absolute Gasteiger partial charge is 0.573 e. The first-order chi connectivity index (χ1) is 11.4. The van der Waals surface area contributed by atoms with E-state index in [1.165, 1.54) is 6.07 Å². The van der Waals surface area contributed by atoms with Gasteiger partial charge in [0.05, 0.1) is 5.02 Å². The molecule has 0 radical (unpaired) electrons. The first-order valence-electron chi connectivity index (χ1n) is 8.40. The molecule has 25 heavy (non-hydrogen) atoms. The first kappa shape index (κ1) is 22.4. The highest BCUT2D eigenvalue weighted by molar-refractivity contribution is 6.32. The summed E-state index contributed by atoms with van der Waals surface area (Å²) < 4.78 is 41.1. The molecule has 1 heterocycles. The van der Waals surface area contributed by atoms with E-state index in [1.54, 1.807) is 12.1 Å². The van der Waals surface area contributed by atoms with Gasteiger partial charge in [-0.25, -0.2) is 0 Å². The van der Waals surface area contributed by atoms with Gasteiger partial charge in [0.2, 0.25) is 0 Å². The Morgan fingerprint density at radius 1 is 1.24 bits per heavy atom. The monoisotopic (exact) mass is 400 g/mol. The number of hydrogen-bond acceptors (Lipinski definition) is 3. The summed E-state index contributed by atoms with van der Waals surface area (Å²) in [7, 11) is 0. The summed E-state index contributed by atoms with van der Waals surface area (Å²) >= 11 is 6.02. The Balaban J connectivity index is 0.00000312. The molecule has 0 bridgehead atoms. The molecule has 0 saturated carbocycles. The molecule has 1 aromatic rings. The average Bonchev–Trinajstić information content (AvgIpc) is 2.53. The summed E-state index contributed by atoms with van der Waals surface area (Å²) in [5.41, 5.74) is 0.951. The Kier molecular flexibility index (Phi) is 9.35. The number of piperazine rings is 1. The van der Waals surface area contributed by atoms with Gasteiger partial charge in [-0.2, -0.15) is 0 Å². The maximum absolute atomic E-state index is 12.4. The van der Waals surface area contributed by atoms with Crippen molar-refractivity contribution in [1.82, 2.24) is 10.2 Å². The van der Waals surface area contributed by atoms with Gasteiger partial charge in [-0.1, -0.05) is 43.9 Å². The maximum Gasteiger partial charge on any atom is 0.573 e. The number of hydrogen-bond donors (Lipinski definition) is 1. The normalized spacial score (nSPS) is 17.0. The highest BCUT2D eigenvalue weighted by Gasteiger charge is 2.32. The van der Waals surface area contributed by atoms with E-state index in [0.29, 0.717) is 0 Å². The van der Waals surface area contributed by atoms with Crippen molar-refractivity contribution in [3.8, 4) is 5.75 Å². The summed E-state index contributed by atoms with van der Waals surface area (Å²) in [5.74, 6) is -0.347. The van der Waals surface area contributed by atoms with E-state index in [0.717, 1.165) is 57.4 Å². The second-order valence-electron chi connectivity index (χ2n) is 6.04. The van der Waals surface area contributed by atoms with Crippen molar-refractivity contribution in [2.24, 2.45) is 0 Å². The third kappa shape index (κ3) is 7.21. The molecule has 1 fully saturated rings. The van der Waals surface area contributed by atoms with E-state index in [-0.39, 0.29) is 29.2 Å². The second-order valence-corrected chi connectivity index (χ2v) is 6.44. The number of halogens is 5. The molecule has 8 heteroatoms. The van der Waals surface area contributed by atoms with Gasteiger partial charge in [-0.15, -0.1) is 25.6 Å². The molecular weight excluding hydrogens is 376 g/mol. The molecule has 1 saturated heterocycles. The molecule has 1 N–H and O–H groups in total. The van der Waals surface area contributed by atoms with Crippen molar-refractivity contribution in [1.29, 1.82) is 0 Å². The zero-order valence-electron chi connectivity index (χ0n) is 14.2. The van der Waals surface area contributed by atoms with E-state index < -0.39 is 6.36 Å². The van der Waals surface area contributed by atoms with Crippen LogP contribution in [0.15, 0.2) is 18.2 Å². The molecule has 1 atom stereocenters. The Hall–Kier alpha value is -0.690. The zero-order valence-corrected chi connectivity index (χ0v) is 15.8. The number of nitrogens with one attached hydrogen (secondary N) is 1. The number of unbranched alkanes of at least 4 members (excludes halogenated alkanes) is 2. The Morgan fingerprint density at radius 2 is 1.92 bits per heavy atom. The summed E-state index contributed by atoms with van der Waals surface area (Å²) in [4.78, 5) is 2.38. The SMILES string of the molecule is CCCCC[C@H](c1ccc(OC(F)(F)F)c(Cl)c1)N1CCNCC1.Cl. The minimum Gasteiger partial charge on any atom is -0.404 e. The highest BCUT2D eigenvalue weighted by atomic mass is 35.5. The minimum absolute atomic E-state index is 0. The van der Waals surface area contributed by atoms with Crippen LogP contribution < -0.4 is 10.1 Å². The maximum atomic E-state index is 12.4. The fraction of sp³-hybridized carbons (Fsp3) is 0.647. The smallest absolute Gasteiger partial charge is 0.404 e. The molecule has 0 amide bonds. The topological polar surface area (TPSA) is 24.5 Å². The van der Waals surface area contributed by atoms with E-state index >= 15 is 0 Å². The number of benzene rings is 1. The van der Waals surface area contributed by atoms with Gasteiger partial charge in [-0.05, 0) is 24.1 Å². The molecule has 0 aromatic heterocycles. The van der Waals surface area contributed by atoms with Crippen LogP contribution in [0.4, 0.5) is 13.2 Å². The molecule has 1 aliphatic heterocycles. The van der Waals surface area contributed by atoms with Gasteiger partial charge in [0.15, 0.2) is 0 Å². The molecule has 0 spiro atoms. The van der Waals surface area contributed by atoms with Crippen LogP contribution in [0.2, 0.25) is 5.02 Å². The average molecular weight is 401 g/mol. The first-order valence-corrected chi connectivity index (χ1v) is 8.78. The van der Waals surface area contributed by atoms with Gasteiger partial charge < -0.3 is 10.1 Å². The quantitative estimate of drug-likeness (QED) is 0.637. The van der Waals surface area contributed by atoms with Crippen LogP contribution in [0, 0.1) is 0 Å². The molecule has 3 nitrogen and oxygen atoms in total. The lowest BCUT2D eigenvalue weighted by Gasteiger charge is -2.35. The number of alkyl halides is 3. The molecule has 144 valence electrons. The minimum atomic E-state index is -4.73. The molecule has 1 aromatic carbocycles. The number of ether oxygens (including phenoxy) is 1. The Morgan fingerprint density at radius 3 is 2.48 bits per heavy atom. The predicted molar refractivity (Wildman–Crippen MR) is 96.7 cm³/mol. The summed E-state index contributed by atoms with van der Waals surface area (Å²) in [6.45, 7) is 5.85. The third-order valence-electron chi connectivity index (χ3n) is 4.24. The molecule has 2 rings (SSSR count). The van der Waals surface area contributed by atoms with Gasteiger partial charge in [0.1, 0.15) is 5.75 Å². The molecule has 0 aliphatic carbocycles. The van der Waals surface area contributed by atoms with Crippen LogP contribution in [0.1, 0.15) is 44.2 Å². The van der Waals surface area contributed by atoms with E-state index in [2.05, 4.69) is 21.9 Å². The van der Waals surface area contributed by atoms with Crippen LogP contribution in [0.3, 0.4) is 0 Å². The molecule has 0 unspecified atom stereocenters. The standard InChI is InChI=1S/C17H24ClF3N2O.ClH/c1-2-3-4-5-15(23-10-8-22-9-11-23)13-6-7-16(14(18)12-13)24-17(19,20)21;/h6-7,12,15,22H,2-5,8-11H2,1H3;1H/t15-;/m1./s1. The Labute approximate surface area is 158 Å². The van der Waals surface area contributed by atoms with Gasteiger partial charge >= 0.3 is 6.36 Å². The van der Waals surface area contributed by atoms with Crippen LogP contribution in [0.5, 0.6) is 5.75 Å². The van der Waals surface area contributed by atoms with Gasteiger partial charge in [-0.3, -0.25) is 4.90 Å². The fourth-order valence-corrected chi connectivity index (χ4v) is 3.30. The van der Waals surface area contributed by atoms with Crippen molar-refractivity contribution >= 4 is 24.0 Å². The van der Waals surface area contributed by atoms with Crippen molar-refractivity contribution in [3.05, 3.63) is 28.8 Å². The van der Waals surface area contributed by atoms with E-state index in [1.807, 2.05) is 0 Å². The lowest BCUT2D eigenvalue weighted by Crippen LogP contribution is -2.45. The van der Waals surface area contributed by atoms with Crippen LogP contribution in [-0.4, -0.2) is 37.4 Å². The Bertz CT molecular complexity index is 523. The van der Waals surface area contributed by atoms with Gasteiger partial charge in [0, 0.05) is 32.2 Å². The van der Waals surface area contributed by atoms with Crippen LogP contribution in [0.25, 0.3) is 0 Å². The van der Waals surface area contributed by atoms with E-state index in [9.17, 15) is 13.2 Å². The fourth-order valence-electron chi connectivity index (χ4n) is 3.07. The van der Waals surface area contributed by atoms with Gasteiger partial charge in [0.25, 0.3) is 0 Å².